The van der Waals surface area contributed by atoms with Gasteiger partial charge in [0.15, 0.2) is 0 Å². The van der Waals surface area contributed by atoms with Gasteiger partial charge in [0, 0.05) is 60.5 Å². The summed E-state index contributed by atoms with van der Waals surface area (Å²) in [6, 6.07) is 77.8. The van der Waals surface area contributed by atoms with Crippen molar-refractivity contribution in [3.8, 4) is 66.8 Å². The van der Waals surface area contributed by atoms with Crippen molar-refractivity contribution in [2.75, 3.05) is 0 Å². The van der Waals surface area contributed by atoms with Gasteiger partial charge in [-0.2, -0.15) is 0 Å². The van der Waals surface area contributed by atoms with E-state index >= 15 is 0 Å². The van der Waals surface area contributed by atoms with E-state index in [0.717, 1.165) is 0 Å². The Morgan fingerprint density at radius 1 is 0.264 bits per heavy atom. The Labute approximate surface area is 530 Å². The summed E-state index contributed by atoms with van der Waals surface area (Å²) >= 11 is 6.10. The molecule has 0 spiro atoms. The second kappa shape index (κ2) is 26.7. The van der Waals surface area contributed by atoms with Crippen molar-refractivity contribution < 1.29 is 0 Å². The molecule has 438 valence electrons. The number of unbranched alkanes of at least 4 members (excludes halogenated alkanes) is 3. The highest BCUT2D eigenvalue weighted by atomic mass is 32.1. The molecule has 3 unspecified atom stereocenters. The molecular formula is C84H84S3. The Kier molecular flexibility index (Phi) is 18.0. The van der Waals surface area contributed by atoms with E-state index in [1.807, 2.05) is 34.0 Å². The Hall–Kier alpha value is -7.14. The fourth-order valence-corrected chi connectivity index (χ4v) is 19.1. The van der Waals surface area contributed by atoms with E-state index < -0.39 is 0 Å². The van der Waals surface area contributed by atoms with Gasteiger partial charge < -0.3 is 0 Å². The zero-order valence-electron chi connectivity index (χ0n) is 52.1. The minimum absolute atomic E-state index is 0.505. The third-order valence-corrected chi connectivity index (χ3v) is 22.6. The number of benzene rings is 10. The minimum Gasteiger partial charge on any atom is -0.134 e. The van der Waals surface area contributed by atoms with Crippen LogP contribution in [0.4, 0.5) is 0 Å². The maximum absolute atomic E-state index is 2.59. The van der Waals surface area contributed by atoms with Crippen molar-refractivity contribution >= 4 is 94.5 Å². The van der Waals surface area contributed by atoms with Gasteiger partial charge in [0.05, 0.1) is 0 Å². The Bertz CT molecular complexity index is 4020. The summed E-state index contributed by atoms with van der Waals surface area (Å²) in [6.45, 7) is 14.1. The molecule has 0 radical (unpaired) electrons. The van der Waals surface area contributed by atoms with E-state index in [9.17, 15) is 0 Å². The summed E-state index contributed by atoms with van der Waals surface area (Å²) in [7, 11) is 0. The van der Waals surface area contributed by atoms with Crippen molar-refractivity contribution in [3.63, 3.8) is 0 Å². The molecule has 0 bridgehead atoms. The molecule has 3 aromatic heterocycles. The molecule has 3 atom stereocenters. The molecule has 3 heterocycles. The summed E-state index contributed by atoms with van der Waals surface area (Å²) in [5, 5.41) is 8.36. The first-order chi connectivity index (χ1) is 42.9. The highest BCUT2D eigenvalue weighted by Gasteiger charge is 2.27. The van der Waals surface area contributed by atoms with E-state index in [1.54, 1.807) is 0 Å². The van der Waals surface area contributed by atoms with Crippen molar-refractivity contribution in [2.45, 2.75) is 156 Å². The van der Waals surface area contributed by atoms with Crippen LogP contribution in [0.25, 0.3) is 127 Å². The van der Waals surface area contributed by atoms with Crippen LogP contribution in [0, 0.1) is 0 Å². The lowest BCUT2D eigenvalue weighted by Crippen LogP contribution is -2.03. The van der Waals surface area contributed by atoms with Gasteiger partial charge >= 0.3 is 0 Å². The Morgan fingerprint density at radius 3 is 0.816 bits per heavy atom. The standard InChI is InChI=1S/C84H84S3/c1-7-13-31-55(28-10-4)64-40-25-43-67(58-34-19-16-20-35-58)76(64)61-46-49-70-73(52-61)85-82-79(70)83-81(72-51-48-63(54-75(72)86-83)78-66(57(30-12-6)33-15-9-3)42-27-45-69(78)60-38-23-18-24-39-60)84-80(82)71-50-47-62(53-74(71)87-84)77-65(56(29-11-5)32-14-8-2)41-26-44-68(77)59-36-21-17-22-37-59/h16-27,34-57H,7-15,28-33H2,1-6H3. The predicted molar refractivity (Wildman–Crippen MR) is 389 cm³/mol. The molecule has 0 fully saturated rings. The van der Waals surface area contributed by atoms with Gasteiger partial charge in [-0.05, 0) is 158 Å². The molecular weight excluding hydrogens is 1110 g/mol. The predicted octanol–water partition coefficient (Wildman–Crippen LogP) is 28.0. The second-order valence-electron chi connectivity index (χ2n) is 24.8. The van der Waals surface area contributed by atoms with E-state index in [1.165, 1.54) is 240 Å². The monoisotopic (exact) mass is 1190 g/mol. The van der Waals surface area contributed by atoms with Crippen molar-refractivity contribution in [2.24, 2.45) is 0 Å². The largest absolute Gasteiger partial charge is 0.134 e. The molecule has 3 heteroatoms. The van der Waals surface area contributed by atoms with Gasteiger partial charge in [-0.25, -0.2) is 0 Å². The second-order valence-corrected chi connectivity index (χ2v) is 28.0. The number of fused-ring (bicyclic) bond motifs is 12. The maximum Gasteiger partial charge on any atom is 0.0463 e. The van der Waals surface area contributed by atoms with Crippen LogP contribution in [0.15, 0.2) is 200 Å². The highest BCUT2D eigenvalue weighted by molar-refractivity contribution is 7.34. The third-order valence-electron chi connectivity index (χ3n) is 19.1. The average molecular weight is 1190 g/mol. The van der Waals surface area contributed by atoms with E-state index in [2.05, 4.69) is 242 Å². The van der Waals surface area contributed by atoms with Crippen LogP contribution in [0.5, 0.6) is 0 Å². The molecule has 10 aromatic carbocycles. The van der Waals surface area contributed by atoms with Crippen LogP contribution >= 0.6 is 34.0 Å². The lowest BCUT2D eigenvalue weighted by atomic mass is 9.81. The molecule has 0 nitrogen and oxygen atoms in total. The Balaban J connectivity index is 1.09. The van der Waals surface area contributed by atoms with Gasteiger partial charge in [0.25, 0.3) is 0 Å². The van der Waals surface area contributed by atoms with Crippen molar-refractivity contribution in [1.29, 1.82) is 0 Å². The molecule has 0 saturated carbocycles. The fraction of sp³-hybridized carbons (Fsp3) is 0.286. The number of hydrogen-bond acceptors (Lipinski definition) is 3. The van der Waals surface area contributed by atoms with Gasteiger partial charge in [-0.1, -0.05) is 281 Å². The minimum atomic E-state index is 0.505. The SMILES string of the molecule is CCCCC(CCC)c1cccc(-c2ccccc2)c1-c1ccc2c(c1)sc1c2c2sc3cc(-c4c(-c5ccccc5)cccc4C(CCC)CCCC)ccc3c2c2sc3cc(-c4c(-c5ccccc5)cccc4C(CCC)CCCC)ccc3c12. The zero-order chi connectivity index (χ0) is 59.4. The normalized spacial score (nSPS) is 13.0. The van der Waals surface area contributed by atoms with Gasteiger partial charge in [-0.15, -0.1) is 34.0 Å². The molecule has 87 heavy (non-hydrogen) atoms. The van der Waals surface area contributed by atoms with Gasteiger partial charge in [-0.3, -0.25) is 0 Å². The van der Waals surface area contributed by atoms with E-state index in [-0.39, 0.29) is 0 Å². The summed E-state index contributed by atoms with van der Waals surface area (Å²) in [5.74, 6) is 1.52. The zero-order valence-corrected chi connectivity index (χ0v) is 54.6. The van der Waals surface area contributed by atoms with Crippen LogP contribution in [-0.2, 0) is 0 Å². The topological polar surface area (TPSA) is 0 Å². The molecule has 0 aliphatic carbocycles. The number of rotatable bonds is 24. The van der Waals surface area contributed by atoms with E-state index in [4.69, 9.17) is 0 Å². The fourth-order valence-electron chi connectivity index (χ4n) is 15.0. The van der Waals surface area contributed by atoms with Crippen LogP contribution in [0.3, 0.4) is 0 Å². The van der Waals surface area contributed by atoms with Crippen LogP contribution in [0.1, 0.15) is 172 Å². The Morgan fingerprint density at radius 2 is 0.552 bits per heavy atom. The smallest absolute Gasteiger partial charge is 0.0463 e. The molecule has 0 aliphatic rings. The first-order valence-electron chi connectivity index (χ1n) is 33.2. The van der Waals surface area contributed by atoms with Crippen LogP contribution < -0.4 is 0 Å². The molecule has 0 aliphatic heterocycles. The summed E-state index contributed by atoms with van der Waals surface area (Å²) in [6.07, 6.45) is 18.1. The molecule has 13 rings (SSSR count). The molecule has 13 aromatic rings. The quantitative estimate of drug-likeness (QED) is 0.0566. The number of hydrogen-bond donors (Lipinski definition) is 0. The molecule has 0 saturated heterocycles. The summed E-state index contributed by atoms with van der Waals surface area (Å²) in [5.41, 5.74) is 20.6. The lowest BCUT2D eigenvalue weighted by molar-refractivity contribution is 0.542. The third kappa shape index (κ3) is 11.3. The van der Waals surface area contributed by atoms with Crippen LogP contribution in [-0.4, -0.2) is 0 Å². The average Bonchev–Trinajstić information content (AvgIpc) is 1.55. The van der Waals surface area contributed by atoms with Crippen molar-refractivity contribution in [3.05, 3.63) is 217 Å². The molecule has 0 N–H and O–H groups in total. The van der Waals surface area contributed by atoms with Gasteiger partial charge in [0.2, 0.25) is 0 Å². The summed E-state index contributed by atoms with van der Waals surface area (Å²) in [4.78, 5) is 0. The lowest BCUT2D eigenvalue weighted by Gasteiger charge is -2.23. The maximum atomic E-state index is 2.59. The van der Waals surface area contributed by atoms with E-state index in [0.29, 0.717) is 17.8 Å². The van der Waals surface area contributed by atoms with Gasteiger partial charge in [0.1, 0.15) is 0 Å². The summed E-state index contributed by atoms with van der Waals surface area (Å²) < 4.78 is 8.35. The highest BCUT2D eigenvalue weighted by Crippen LogP contribution is 2.56. The molecule has 0 amide bonds. The van der Waals surface area contributed by atoms with Crippen LogP contribution in [0.2, 0.25) is 0 Å². The first kappa shape index (κ1) is 58.9. The first-order valence-corrected chi connectivity index (χ1v) is 35.7. The number of thiophene rings is 3. The van der Waals surface area contributed by atoms with Crippen molar-refractivity contribution in [1.82, 2.24) is 0 Å².